The van der Waals surface area contributed by atoms with Crippen LogP contribution in [0, 0.1) is 12.3 Å². The van der Waals surface area contributed by atoms with Crippen molar-refractivity contribution in [1.29, 1.82) is 0 Å². The molecule has 16 nitrogen and oxygen atoms in total. The minimum atomic E-state index is -3.91. The Hall–Kier alpha value is -6.84. The van der Waals surface area contributed by atoms with Crippen molar-refractivity contribution in [2.75, 3.05) is 22.1 Å². The Morgan fingerprint density at radius 1 is 0.623 bits per heavy atom. The highest BCUT2D eigenvalue weighted by atomic mass is 32.2. The molecule has 4 aromatic rings. The molecule has 2 atom stereocenters. The number of carbonyl (C=O) groups excluding carboxylic acids is 6. The topological polar surface area (TPSA) is 226 Å². The normalized spacial score (nSPS) is 12.2. The van der Waals surface area contributed by atoms with Crippen molar-refractivity contribution in [1.82, 2.24) is 5.06 Å². The molecule has 0 aromatic heterocycles. The van der Waals surface area contributed by atoms with Crippen molar-refractivity contribution in [3.05, 3.63) is 120 Å². The van der Waals surface area contributed by atoms with Crippen LogP contribution in [-0.2, 0) is 58.0 Å². The van der Waals surface area contributed by atoms with E-state index in [1.165, 1.54) is 70.0 Å². The number of esters is 1. The summed E-state index contributed by atoms with van der Waals surface area (Å²) in [5.41, 5.74) is 1.60. The number of hydrogen-bond acceptors (Lipinski definition) is 13. The van der Waals surface area contributed by atoms with E-state index in [0.29, 0.717) is 22.0 Å². The fraction of sp³-hybridized carbons (Fsp3) is 0.373. The number of benzene rings is 4. The van der Waals surface area contributed by atoms with Crippen LogP contribution in [0.25, 0.3) is 0 Å². The molecule has 4 aromatic carbocycles. The lowest BCUT2D eigenvalue weighted by Gasteiger charge is -2.20. The summed E-state index contributed by atoms with van der Waals surface area (Å²) in [7, 11) is -7.56. The average molecular weight is 994 g/mol. The lowest BCUT2D eigenvalue weighted by Crippen LogP contribution is -2.33. The second-order valence-electron chi connectivity index (χ2n) is 13.7. The van der Waals surface area contributed by atoms with Crippen molar-refractivity contribution < 1.29 is 59.9 Å². The summed E-state index contributed by atoms with van der Waals surface area (Å²) in [6.45, 7) is 18.0. The van der Waals surface area contributed by atoms with E-state index >= 15 is 0 Å². The highest BCUT2D eigenvalue weighted by molar-refractivity contribution is 7.91. The van der Waals surface area contributed by atoms with Crippen LogP contribution in [-0.4, -0.2) is 69.2 Å². The molecule has 0 spiro atoms. The summed E-state index contributed by atoms with van der Waals surface area (Å²) in [6, 6.07) is 28.2. The first-order valence-electron chi connectivity index (χ1n) is 22.5. The molecule has 0 saturated carbocycles. The van der Waals surface area contributed by atoms with Gasteiger partial charge in [-0.15, -0.1) is 12.3 Å². The maximum Gasteiger partial charge on any atom is 0.534 e. The van der Waals surface area contributed by atoms with Crippen LogP contribution >= 0.6 is 0 Å². The predicted octanol–water partition coefficient (Wildman–Crippen LogP) is 9.99. The van der Waals surface area contributed by atoms with E-state index in [1.54, 1.807) is 72.8 Å². The molecule has 69 heavy (non-hydrogen) atoms. The number of sulfone groups is 2. The van der Waals surface area contributed by atoms with Crippen molar-refractivity contribution in [2.24, 2.45) is 0 Å². The average Bonchev–Trinajstić information content (AvgIpc) is 3.65. The molecule has 0 bridgehead atoms. The van der Waals surface area contributed by atoms with E-state index < -0.39 is 61.6 Å². The first-order chi connectivity index (χ1) is 32.8. The van der Waals surface area contributed by atoms with E-state index in [4.69, 9.17) is 20.7 Å². The molecular formula is C51H67N3O13S2. The van der Waals surface area contributed by atoms with Crippen LogP contribution in [0.4, 0.5) is 16.2 Å². The molecule has 2 N–H and O–H groups in total. The Morgan fingerprint density at radius 2 is 1.01 bits per heavy atom. The standard InChI is InChI=1S/C21H20N2O8S.C18H19NO5S.C6H10.3C2H6/c1-14(24)22-16-7-5-6-15(12-16)18(13-32(28,29)17-8-3-2-4-9-17)30-21(27)31-23-19(25)10-11-20(23)26;1-13(20)19-16-8-6-7-15(11-16)18(24-14(2)21)12-25(22,23)17-9-4-3-5-10-17;1-3-5-6-4-2;3*1-2/h2-9,12,18H,10-11,13H2,1H3,(H,22,24);3-11,18H,12H2,1-2H3,(H,19,20);1H,4-6H2,2H3;3*1-2H3. The Labute approximate surface area is 408 Å². The molecule has 0 aliphatic carbocycles. The summed E-state index contributed by atoms with van der Waals surface area (Å²) in [5.74, 6) is -1.05. The largest absolute Gasteiger partial charge is 0.534 e. The smallest absolute Gasteiger partial charge is 0.457 e. The summed E-state index contributed by atoms with van der Waals surface area (Å²) < 4.78 is 61.4. The van der Waals surface area contributed by atoms with Gasteiger partial charge in [-0.2, -0.15) is 0 Å². The Balaban J connectivity index is 0.00000111. The first kappa shape index (κ1) is 62.2. The predicted molar refractivity (Wildman–Crippen MR) is 267 cm³/mol. The van der Waals surface area contributed by atoms with Crippen molar-refractivity contribution in [3.8, 4) is 12.3 Å². The molecule has 2 unspecified atom stereocenters. The van der Waals surface area contributed by atoms with Gasteiger partial charge in [0.2, 0.25) is 11.8 Å². The third kappa shape index (κ3) is 23.6. The number of anilines is 2. The van der Waals surface area contributed by atoms with Crippen LogP contribution < -0.4 is 10.6 Å². The minimum Gasteiger partial charge on any atom is -0.457 e. The highest BCUT2D eigenvalue weighted by Crippen LogP contribution is 2.28. The molecule has 1 aliphatic rings. The van der Waals surface area contributed by atoms with Gasteiger partial charge in [0, 0.05) is 51.4 Å². The van der Waals surface area contributed by atoms with Crippen LogP contribution in [0.3, 0.4) is 0 Å². The van der Waals surface area contributed by atoms with Crippen LogP contribution in [0.2, 0.25) is 0 Å². The summed E-state index contributed by atoms with van der Waals surface area (Å²) in [6.07, 6.45) is 4.36. The van der Waals surface area contributed by atoms with Crippen molar-refractivity contribution in [2.45, 2.75) is 123 Å². The lowest BCUT2D eigenvalue weighted by atomic mass is 10.1. The molecule has 0 radical (unpaired) electrons. The second-order valence-corrected chi connectivity index (χ2v) is 17.8. The maximum atomic E-state index is 12.9. The van der Waals surface area contributed by atoms with Crippen LogP contribution in [0.1, 0.15) is 125 Å². The summed E-state index contributed by atoms with van der Waals surface area (Å²) in [5, 5.41) is 5.48. The number of ether oxygens (including phenoxy) is 2. The summed E-state index contributed by atoms with van der Waals surface area (Å²) >= 11 is 0. The number of nitrogens with one attached hydrogen (secondary N) is 2. The van der Waals surface area contributed by atoms with E-state index in [0.717, 1.165) is 6.42 Å². The first-order valence-corrected chi connectivity index (χ1v) is 25.8. The Kier molecular flexibility index (Phi) is 30.3. The van der Waals surface area contributed by atoms with Gasteiger partial charge in [-0.25, -0.2) is 21.6 Å². The Bertz CT molecular complexity index is 2480. The quantitative estimate of drug-likeness (QED) is 0.0490. The monoisotopic (exact) mass is 993 g/mol. The fourth-order valence-electron chi connectivity index (χ4n) is 5.63. The third-order valence-corrected chi connectivity index (χ3v) is 12.0. The fourth-order valence-corrected chi connectivity index (χ4v) is 8.48. The van der Waals surface area contributed by atoms with Gasteiger partial charge >= 0.3 is 12.1 Å². The van der Waals surface area contributed by atoms with Gasteiger partial charge < -0.3 is 20.1 Å². The third-order valence-electron chi connectivity index (χ3n) is 8.50. The van der Waals surface area contributed by atoms with Crippen molar-refractivity contribution >= 4 is 66.8 Å². The molecule has 1 aliphatic heterocycles. The van der Waals surface area contributed by atoms with Gasteiger partial charge in [0.05, 0.1) is 21.3 Å². The minimum absolute atomic E-state index is 0.0184. The SMILES string of the molecule is C#CCCCC.CC.CC.CC.CC(=O)Nc1cccc(C(CS(=O)(=O)c2ccccc2)OC(=O)ON2C(=O)CCC2=O)c1.CC(=O)Nc1cccc(C(CS(=O)(=O)c2ccccc2)OC(C)=O)c1. The maximum absolute atomic E-state index is 12.9. The van der Waals surface area contributed by atoms with Gasteiger partial charge in [-0.1, -0.05) is 121 Å². The number of rotatable bonds is 15. The highest BCUT2D eigenvalue weighted by Gasteiger charge is 2.35. The van der Waals surface area contributed by atoms with Gasteiger partial charge in [0.1, 0.15) is 12.2 Å². The van der Waals surface area contributed by atoms with Gasteiger partial charge in [0.25, 0.3) is 11.8 Å². The number of unbranched alkanes of at least 4 members (excludes halogenated alkanes) is 2. The number of hydrogen-bond donors (Lipinski definition) is 2. The number of amides is 4. The molecule has 5 rings (SSSR count). The molecular weight excluding hydrogens is 927 g/mol. The zero-order chi connectivity index (χ0) is 52.6. The van der Waals surface area contributed by atoms with E-state index in [1.807, 2.05) is 41.5 Å². The lowest BCUT2D eigenvalue weighted by molar-refractivity contribution is -0.178. The van der Waals surface area contributed by atoms with Crippen LogP contribution in [0.15, 0.2) is 119 Å². The second kappa shape index (κ2) is 33.6. The number of nitrogens with zero attached hydrogens (tertiary/aromatic N) is 1. The number of hydroxylamine groups is 2. The molecule has 18 heteroatoms. The van der Waals surface area contributed by atoms with Gasteiger partial charge in [0.15, 0.2) is 19.7 Å². The van der Waals surface area contributed by atoms with Gasteiger partial charge in [-0.3, -0.25) is 28.8 Å². The van der Waals surface area contributed by atoms with Gasteiger partial charge in [-0.05, 0) is 66.1 Å². The molecule has 4 amide bonds. The zero-order valence-corrected chi connectivity index (χ0v) is 42.8. The molecule has 1 heterocycles. The van der Waals surface area contributed by atoms with E-state index in [9.17, 15) is 45.6 Å². The number of carbonyl (C=O) groups is 6. The molecule has 376 valence electrons. The number of imide groups is 1. The van der Waals surface area contributed by atoms with E-state index in [2.05, 4.69) is 23.5 Å². The van der Waals surface area contributed by atoms with Crippen molar-refractivity contribution in [3.63, 3.8) is 0 Å². The zero-order valence-electron chi connectivity index (χ0n) is 41.1. The molecule has 1 saturated heterocycles. The Morgan fingerprint density at radius 3 is 1.35 bits per heavy atom. The van der Waals surface area contributed by atoms with E-state index in [-0.39, 0.29) is 45.8 Å². The summed E-state index contributed by atoms with van der Waals surface area (Å²) in [4.78, 5) is 74.5. The molecule has 1 fully saturated rings. The van der Waals surface area contributed by atoms with Crippen LogP contribution in [0.5, 0.6) is 0 Å². The number of terminal acetylenes is 1.